The van der Waals surface area contributed by atoms with Gasteiger partial charge in [0, 0.05) is 18.9 Å². The van der Waals surface area contributed by atoms with Crippen LogP contribution >= 0.6 is 11.3 Å². The largest absolute Gasteiger partial charge is 0.503 e. The number of aryl methyl sites for hydroxylation is 2. The first-order valence-electron chi connectivity index (χ1n) is 10.7. The number of aromatic nitrogens is 2. The van der Waals surface area contributed by atoms with Crippen LogP contribution in [0.2, 0.25) is 0 Å². The SMILES string of the molecule is CCOC(=O)c1ccc(CN2C(=O)C(O)=C(C(=O)c3sc(C)nc3C)C2c2ccncc2)cc1. The van der Waals surface area contributed by atoms with Gasteiger partial charge in [0.05, 0.1) is 39.4 Å². The van der Waals surface area contributed by atoms with E-state index in [1.54, 1.807) is 69.6 Å². The lowest BCUT2D eigenvalue weighted by Crippen LogP contribution is -2.30. The highest BCUT2D eigenvalue weighted by atomic mass is 32.1. The van der Waals surface area contributed by atoms with Gasteiger partial charge in [-0.05, 0) is 56.2 Å². The standard InChI is InChI=1S/C25H23N3O5S/c1-4-33-25(32)18-7-5-16(6-8-18)13-28-20(17-9-11-26-12-10-17)19(22(30)24(28)31)21(29)23-14(2)27-15(3)34-23/h5-12,20,30H,4,13H2,1-3H3. The average molecular weight is 478 g/mol. The van der Waals surface area contributed by atoms with E-state index in [1.807, 2.05) is 0 Å². The molecule has 34 heavy (non-hydrogen) atoms. The Labute approximate surface area is 200 Å². The van der Waals surface area contributed by atoms with E-state index in [0.29, 0.717) is 21.7 Å². The fourth-order valence-corrected chi connectivity index (χ4v) is 4.84. The van der Waals surface area contributed by atoms with E-state index in [2.05, 4.69) is 9.97 Å². The number of aliphatic hydroxyl groups is 1. The van der Waals surface area contributed by atoms with Crippen molar-refractivity contribution in [2.75, 3.05) is 6.61 Å². The van der Waals surface area contributed by atoms with Crippen LogP contribution in [0, 0.1) is 13.8 Å². The zero-order valence-corrected chi connectivity index (χ0v) is 19.8. The van der Waals surface area contributed by atoms with Crippen molar-refractivity contribution in [3.8, 4) is 0 Å². The molecule has 1 aliphatic rings. The van der Waals surface area contributed by atoms with Gasteiger partial charge >= 0.3 is 5.97 Å². The number of thiazole rings is 1. The van der Waals surface area contributed by atoms with Crippen molar-refractivity contribution in [3.63, 3.8) is 0 Å². The van der Waals surface area contributed by atoms with Crippen molar-refractivity contribution in [1.29, 1.82) is 0 Å². The molecular formula is C25H23N3O5S. The number of esters is 1. The van der Waals surface area contributed by atoms with E-state index >= 15 is 0 Å². The Morgan fingerprint density at radius 1 is 1.12 bits per heavy atom. The quantitative estimate of drug-likeness (QED) is 0.403. The number of ether oxygens (including phenoxy) is 1. The Bertz CT molecular complexity index is 1280. The highest BCUT2D eigenvalue weighted by Gasteiger charge is 2.44. The summed E-state index contributed by atoms with van der Waals surface area (Å²) in [6.45, 7) is 5.66. The van der Waals surface area contributed by atoms with Gasteiger partial charge in [-0.2, -0.15) is 0 Å². The number of hydrogen-bond acceptors (Lipinski definition) is 8. The molecule has 1 atom stereocenters. The molecule has 3 heterocycles. The molecule has 0 spiro atoms. The lowest BCUT2D eigenvalue weighted by Gasteiger charge is -2.27. The van der Waals surface area contributed by atoms with E-state index in [9.17, 15) is 19.5 Å². The number of benzene rings is 1. The normalized spacial score (nSPS) is 15.7. The number of carbonyl (C=O) groups excluding carboxylic acids is 3. The second kappa shape index (κ2) is 9.56. The number of pyridine rings is 1. The third kappa shape index (κ3) is 4.34. The fourth-order valence-electron chi connectivity index (χ4n) is 3.96. The van der Waals surface area contributed by atoms with Gasteiger partial charge in [-0.3, -0.25) is 14.6 Å². The van der Waals surface area contributed by atoms with Crippen molar-refractivity contribution in [1.82, 2.24) is 14.9 Å². The number of rotatable bonds is 7. The molecule has 0 aliphatic carbocycles. The zero-order valence-electron chi connectivity index (χ0n) is 18.9. The smallest absolute Gasteiger partial charge is 0.338 e. The number of Topliss-reactive ketones (excluding diaryl/α,β-unsaturated/α-hetero) is 1. The molecule has 174 valence electrons. The van der Waals surface area contributed by atoms with Gasteiger partial charge in [-0.15, -0.1) is 11.3 Å². The van der Waals surface area contributed by atoms with Gasteiger partial charge in [0.15, 0.2) is 5.76 Å². The molecule has 0 saturated carbocycles. The Hall–Kier alpha value is -3.85. The number of nitrogens with zero attached hydrogens (tertiary/aromatic N) is 3. The summed E-state index contributed by atoms with van der Waals surface area (Å²) in [6.07, 6.45) is 3.15. The van der Waals surface area contributed by atoms with Crippen LogP contribution in [0.1, 0.15) is 54.8 Å². The topological polar surface area (TPSA) is 110 Å². The molecule has 0 saturated heterocycles. The summed E-state index contributed by atoms with van der Waals surface area (Å²) in [6, 6.07) is 9.31. The molecule has 3 aromatic rings. The fraction of sp³-hybridized carbons (Fsp3) is 0.240. The molecule has 9 heteroatoms. The molecule has 1 aliphatic heterocycles. The number of aliphatic hydroxyl groups excluding tert-OH is 1. The molecule has 0 bridgehead atoms. The summed E-state index contributed by atoms with van der Waals surface area (Å²) in [4.78, 5) is 48.8. The van der Waals surface area contributed by atoms with E-state index < -0.39 is 29.5 Å². The third-order valence-electron chi connectivity index (χ3n) is 5.50. The van der Waals surface area contributed by atoms with Gasteiger partial charge in [0.2, 0.25) is 5.78 Å². The minimum absolute atomic E-state index is 0.0195. The Kier molecular flexibility index (Phi) is 6.56. The predicted molar refractivity (Wildman–Crippen MR) is 125 cm³/mol. The van der Waals surface area contributed by atoms with E-state index in [0.717, 1.165) is 10.6 Å². The van der Waals surface area contributed by atoms with Gasteiger partial charge < -0.3 is 14.7 Å². The maximum Gasteiger partial charge on any atom is 0.338 e. The van der Waals surface area contributed by atoms with E-state index in [4.69, 9.17) is 4.74 Å². The summed E-state index contributed by atoms with van der Waals surface area (Å²) in [5, 5.41) is 11.5. The third-order valence-corrected chi connectivity index (χ3v) is 6.57. The monoisotopic (exact) mass is 477 g/mol. The molecule has 0 radical (unpaired) electrons. The van der Waals surface area contributed by atoms with E-state index in [1.165, 1.54) is 16.2 Å². The highest BCUT2D eigenvalue weighted by molar-refractivity contribution is 7.14. The predicted octanol–water partition coefficient (Wildman–Crippen LogP) is 4.11. The summed E-state index contributed by atoms with van der Waals surface area (Å²) in [5.74, 6) is -2.06. The lowest BCUT2D eigenvalue weighted by atomic mass is 9.95. The van der Waals surface area contributed by atoms with Crippen LogP contribution in [0.4, 0.5) is 0 Å². The lowest BCUT2D eigenvalue weighted by molar-refractivity contribution is -0.130. The first-order chi connectivity index (χ1) is 16.3. The Morgan fingerprint density at radius 2 is 1.79 bits per heavy atom. The van der Waals surface area contributed by atoms with Crippen LogP contribution in [-0.2, 0) is 16.1 Å². The summed E-state index contributed by atoms with van der Waals surface area (Å²) in [7, 11) is 0. The summed E-state index contributed by atoms with van der Waals surface area (Å²) in [5.41, 5.74) is 2.36. The zero-order chi connectivity index (χ0) is 24.4. The molecule has 1 N–H and O–H groups in total. The molecule has 2 aromatic heterocycles. The van der Waals surface area contributed by atoms with Gasteiger partial charge in [-0.25, -0.2) is 9.78 Å². The van der Waals surface area contributed by atoms with Gasteiger partial charge in [0.25, 0.3) is 5.91 Å². The van der Waals surface area contributed by atoms with Crippen LogP contribution in [0.15, 0.2) is 60.1 Å². The van der Waals surface area contributed by atoms with Crippen molar-refractivity contribution in [2.45, 2.75) is 33.4 Å². The molecule has 8 nitrogen and oxygen atoms in total. The number of carbonyl (C=O) groups is 3. The van der Waals surface area contributed by atoms with Crippen LogP contribution in [0.3, 0.4) is 0 Å². The van der Waals surface area contributed by atoms with Crippen molar-refractivity contribution in [2.24, 2.45) is 0 Å². The van der Waals surface area contributed by atoms with Gasteiger partial charge in [-0.1, -0.05) is 12.1 Å². The van der Waals surface area contributed by atoms with E-state index in [-0.39, 0.29) is 18.7 Å². The maximum absolute atomic E-state index is 13.5. The molecule has 0 fully saturated rings. The molecular weight excluding hydrogens is 454 g/mol. The van der Waals surface area contributed by atoms with Crippen LogP contribution in [0.5, 0.6) is 0 Å². The number of ketones is 1. The Balaban J connectivity index is 1.70. The first kappa shape index (κ1) is 23.3. The first-order valence-corrected chi connectivity index (χ1v) is 11.5. The molecule has 4 rings (SSSR count). The van der Waals surface area contributed by atoms with Crippen LogP contribution in [0.25, 0.3) is 0 Å². The number of hydrogen-bond donors (Lipinski definition) is 1. The van der Waals surface area contributed by atoms with Crippen LogP contribution in [-0.4, -0.2) is 44.2 Å². The molecule has 1 amide bonds. The highest BCUT2D eigenvalue weighted by Crippen LogP contribution is 2.40. The van der Waals surface area contributed by atoms with Crippen LogP contribution < -0.4 is 0 Å². The summed E-state index contributed by atoms with van der Waals surface area (Å²) >= 11 is 1.23. The van der Waals surface area contributed by atoms with Crippen molar-refractivity contribution < 1.29 is 24.2 Å². The average Bonchev–Trinajstić information content (AvgIpc) is 3.30. The second-order valence-electron chi connectivity index (χ2n) is 7.77. The number of amides is 1. The maximum atomic E-state index is 13.5. The Morgan fingerprint density at radius 3 is 2.38 bits per heavy atom. The second-order valence-corrected chi connectivity index (χ2v) is 8.98. The minimum Gasteiger partial charge on any atom is -0.503 e. The molecule has 1 unspecified atom stereocenters. The molecule has 1 aromatic carbocycles. The van der Waals surface area contributed by atoms with Crippen molar-refractivity contribution in [3.05, 3.63) is 92.4 Å². The van der Waals surface area contributed by atoms with Gasteiger partial charge in [0.1, 0.15) is 0 Å². The summed E-state index contributed by atoms with van der Waals surface area (Å²) < 4.78 is 5.01. The van der Waals surface area contributed by atoms with Crippen molar-refractivity contribution >= 4 is 29.0 Å². The minimum atomic E-state index is -0.797.